The van der Waals surface area contributed by atoms with E-state index in [1.807, 2.05) is 62.4 Å². The number of ether oxygens (including phenoxy) is 1. The predicted molar refractivity (Wildman–Crippen MR) is 157 cm³/mol. The third-order valence-electron chi connectivity index (χ3n) is 8.74. The van der Waals surface area contributed by atoms with Crippen LogP contribution in [0.5, 0.6) is 0 Å². The van der Waals surface area contributed by atoms with Gasteiger partial charge < -0.3 is 19.6 Å². The summed E-state index contributed by atoms with van der Waals surface area (Å²) in [7, 11) is 0. The Morgan fingerprint density at radius 2 is 1.90 bits per heavy atom. The number of amides is 2. The minimum atomic E-state index is -0.834. The van der Waals surface area contributed by atoms with Crippen LogP contribution in [0.25, 0.3) is 0 Å². The van der Waals surface area contributed by atoms with Crippen molar-refractivity contribution in [2.24, 2.45) is 11.8 Å². The molecular weight excluding hydrogens is 524 g/mol. The normalized spacial score (nSPS) is 27.4. The van der Waals surface area contributed by atoms with E-state index in [4.69, 9.17) is 4.74 Å². The van der Waals surface area contributed by atoms with Crippen molar-refractivity contribution >= 4 is 35.2 Å². The molecule has 0 radical (unpaired) electrons. The number of hydrogen-bond donors (Lipinski definition) is 1. The summed E-state index contributed by atoms with van der Waals surface area (Å²) in [5, 5.41) is 10.6. The zero-order valence-corrected chi connectivity index (χ0v) is 24.2. The molecule has 212 valence electrons. The third-order valence-corrected chi connectivity index (χ3v) is 10.7. The average molecular weight is 563 g/mol. The van der Waals surface area contributed by atoms with Crippen molar-refractivity contribution in [3.05, 3.63) is 77.9 Å². The number of aryl methyl sites for hydroxylation is 2. The van der Waals surface area contributed by atoms with Gasteiger partial charge in [0.1, 0.15) is 6.04 Å². The lowest BCUT2D eigenvalue weighted by Crippen LogP contribution is -2.58. The summed E-state index contributed by atoms with van der Waals surface area (Å²) >= 11 is 1.61. The highest BCUT2D eigenvalue weighted by molar-refractivity contribution is 8.02. The first-order valence-electron chi connectivity index (χ1n) is 14.1. The number of carbonyl (C=O) groups excluding carboxylic acids is 3. The van der Waals surface area contributed by atoms with Crippen LogP contribution in [0.15, 0.2) is 61.2 Å². The van der Waals surface area contributed by atoms with E-state index in [0.717, 1.165) is 28.8 Å². The fraction of sp³-hybridized carbons (Fsp3) is 0.469. The minimum absolute atomic E-state index is 0.0693. The molecule has 40 heavy (non-hydrogen) atoms. The van der Waals surface area contributed by atoms with Crippen LogP contribution in [0.2, 0.25) is 0 Å². The Morgan fingerprint density at radius 3 is 2.52 bits per heavy atom. The number of nitrogens with zero attached hydrogens (tertiary/aromatic N) is 2. The zero-order chi connectivity index (χ0) is 28.6. The van der Waals surface area contributed by atoms with E-state index >= 15 is 0 Å². The van der Waals surface area contributed by atoms with Gasteiger partial charge in [-0.15, -0.1) is 18.3 Å². The molecule has 8 heteroatoms. The molecule has 1 N–H and O–H groups in total. The van der Waals surface area contributed by atoms with Crippen LogP contribution < -0.4 is 4.90 Å². The molecule has 2 aromatic carbocycles. The summed E-state index contributed by atoms with van der Waals surface area (Å²) in [6, 6.07) is 14.2. The van der Waals surface area contributed by atoms with Gasteiger partial charge in [0.2, 0.25) is 5.91 Å². The van der Waals surface area contributed by atoms with Crippen molar-refractivity contribution in [3.63, 3.8) is 0 Å². The van der Waals surface area contributed by atoms with E-state index in [9.17, 15) is 19.5 Å². The number of likely N-dealkylation sites (tertiary alicyclic amines) is 1. The van der Waals surface area contributed by atoms with Crippen molar-refractivity contribution in [1.82, 2.24) is 4.90 Å². The topological polar surface area (TPSA) is 87.2 Å². The van der Waals surface area contributed by atoms with Crippen LogP contribution in [-0.4, -0.2) is 69.6 Å². The Kier molecular flexibility index (Phi) is 8.11. The number of thioether (sulfide) groups is 1. The van der Waals surface area contributed by atoms with Crippen molar-refractivity contribution in [3.8, 4) is 0 Å². The maximum absolute atomic E-state index is 14.9. The maximum atomic E-state index is 14.9. The van der Waals surface area contributed by atoms with Gasteiger partial charge in [-0.2, -0.15) is 0 Å². The van der Waals surface area contributed by atoms with E-state index in [-0.39, 0.29) is 42.8 Å². The molecule has 5 rings (SSSR count). The van der Waals surface area contributed by atoms with Gasteiger partial charge in [0.25, 0.3) is 5.91 Å². The van der Waals surface area contributed by atoms with Crippen LogP contribution in [0.4, 0.5) is 5.69 Å². The molecule has 0 aliphatic carbocycles. The molecule has 2 amide bonds. The second-order valence-electron chi connectivity index (χ2n) is 11.1. The molecule has 3 fully saturated rings. The summed E-state index contributed by atoms with van der Waals surface area (Å²) in [6.45, 7) is 9.86. The Balaban J connectivity index is 1.63. The predicted octanol–water partition coefficient (Wildman–Crippen LogP) is 4.08. The molecule has 3 aliphatic rings. The Bertz CT molecular complexity index is 1280. The Labute approximate surface area is 240 Å². The summed E-state index contributed by atoms with van der Waals surface area (Å²) in [6.07, 6.45) is 3.50. The number of benzene rings is 2. The highest BCUT2D eigenvalue weighted by atomic mass is 32.2. The summed E-state index contributed by atoms with van der Waals surface area (Å²) in [5.41, 5.74) is 3.68. The number of fused-ring (bicyclic) bond motifs is 1. The molecule has 3 aliphatic heterocycles. The van der Waals surface area contributed by atoms with Gasteiger partial charge in [-0.3, -0.25) is 14.4 Å². The van der Waals surface area contributed by atoms with E-state index in [2.05, 4.69) is 6.58 Å². The second kappa shape index (κ2) is 11.4. The number of anilines is 1. The molecule has 2 aromatic rings. The molecule has 2 bridgehead atoms. The number of para-hydroxylation sites is 1. The van der Waals surface area contributed by atoms with Gasteiger partial charge in [0.05, 0.1) is 35.8 Å². The van der Waals surface area contributed by atoms with E-state index in [1.165, 1.54) is 0 Å². The zero-order valence-electron chi connectivity index (χ0n) is 23.4. The maximum Gasteiger partial charge on any atom is 0.310 e. The molecule has 3 saturated heterocycles. The van der Waals surface area contributed by atoms with Crippen LogP contribution in [0.1, 0.15) is 36.5 Å². The lowest BCUT2D eigenvalue weighted by atomic mass is 9.71. The van der Waals surface area contributed by atoms with E-state index in [1.54, 1.807) is 34.6 Å². The largest absolute Gasteiger partial charge is 0.466 e. The average Bonchev–Trinajstić information content (AvgIpc) is 3.59. The number of aliphatic hydroxyl groups is 1. The number of aliphatic hydroxyl groups excluding tert-OH is 1. The summed E-state index contributed by atoms with van der Waals surface area (Å²) in [5.74, 6) is -2.07. The van der Waals surface area contributed by atoms with Crippen LogP contribution in [-0.2, 0) is 25.5 Å². The number of rotatable bonds is 10. The number of hydrogen-bond acceptors (Lipinski definition) is 6. The Morgan fingerprint density at radius 1 is 1.20 bits per heavy atom. The highest BCUT2D eigenvalue weighted by Crippen LogP contribution is 2.67. The summed E-state index contributed by atoms with van der Waals surface area (Å²) in [4.78, 5) is 45.9. The van der Waals surface area contributed by atoms with Gasteiger partial charge in [0, 0.05) is 17.5 Å². The number of esters is 1. The molecule has 7 nitrogen and oxygen atoms in total. The van der Waals surface area contributed by atoms with E-state index < -0.39 is 28.7 Å². The quantitative estimate of drug-likeness (QED) is 0.347. The van der Waals surface area contributed by atoms with Crippen molar-refractivity contribution in [1.29, 1.82) is 0 Å². The molecule has 0 saturated carbocycles. The first-order valence-corrected chi connectivity index (χ1v) is 15.0. The van der Waals surface area contributed by atoms with Crippen molar-refractivity contribution in [2.45, 2.75) is 62.1 Å². The van der Waals surface area contributed by atoms with Gasteiger partial charge in [0.15, 0.2) is 0 Å². The smallest absolute Gasteiger partial charge is 0.310 e. The summed E-state index contributed by atoms with van der Waals surface area (Å²) < 4.78 is 4.68. The standard InChI is InChI=1S/C32H38N2O5S/c1-5-17-33(27-20(3)11-10-12-21(27)4)30(37)28-32-16-15-24(40-32)25(31(38)39-6-2)26(32)29(36)34(28)23(19-35)18-22-13-8-7-9-14-22/h5,7-14,23-26,28,35H,1,6,15-19H2,2-4H3/t23-,24-,25+,26+,28?,32?/m1/s1. The first kappa shape index (κ1) is 28.4. The fourth-order valence-corrected chi connectivity index (χ4v) is 9.39. The second-order valence-corrected chi connectivity index (χ2v) is 12.7. The molecule has 1 spiro atoms. The van der Waals surface area contributed by atoms with Gasteiger partial charge in [-0.05, 0) is 56.7 Å². The van der Waals surface area contributed by atoms with E-state index in [0.29, 0.717) is 12.8 Å². The monoisotopic (exact) mass is 562 g/mol. The lowest BCUT2D eigenvalue weighted by Gasteiger charge is -2.40. The van der Waals surface area contributed by atoms with Crippen LogP contribution in [0, 0.1) is 25.7 Å². The SMILES string of the molecule is C=CCN(C(=O)C1N([C@@H](CO)Cc2ccccc2)C(=O)[C@@H]2[C@@H](C(=O)OCC)[C@H]3CCC12S3)c1c(C)cccc1C. The number of carbonyl (C=O) groups is 3. The molecule has 0 aromatic heterocycles. The first-order chi connectivity index (χ1) is 19.3. The minimum Gasteiger partial charge on any atom is -0.466 e. The van der Waals surface area contributed by atoms with Crippen molar-refractivity contribution in [2.75, 3.05) is 24.7 Å². The molecule has 2 unspecified atom stereocenters. The third kappa shape index (κ3) is 4.55. The molecule has 6 atom stereocenters. The lowest BCUT2D eigenvalue weighted by molar-refractivity contribution is -0.154. The Hall–Kier alpha value is -3.10. The molecule has 3 heterocycles. The van der Waals surface area contributed by atoms with Crippen LogP contribution >= 0.6 is 11.8 Å². The molecular formula is C32H38N2O5S. The van der Waals surface area contributed by atoms with Gasteiger partial charge >= 0.3 is 5.97 Å². The van der Waals surface area contributed by atoms with Gasteiger partial charge in [-0.25, -0.2) is 0 Å². The van der Waals surface area contributed by atoms with Crippen LogP contribution in [0.3, 0.4) is 0 Å². The van der Waals surface area contributed by atoms with Gasteiger partial charge in [-0.1, -0.05) is 54.6 Å². The van der Waals surface area contributed by atoms with Crippen molar-refractivity contribution < 1.29 is 24.2 Å². The fourth-order valence-electron chi connectivity index (χ4n) is 7.21. The highest BCUT2D eigenvalue weighted by Gasteiger charge is 2.74.